The molecule has 1 saturated heterocycles. The average Bonchev–Trinajstić information content (AvgIpc) is 2.46. The fraction of sp³-hybridized carbons (Fsp3) is 0.533. The molecule has 1 aliphatic heterocycles. The van der Waals surface area contributed by atoms with Crippen LogP contribution in [0.15, 0.2) is 24.3 Å². The van der Waals surface area contributed by atoms with Gasteiger partial charge in [-0.3, -0.25) is 4.90 Å². The number of nitrogens with zero attached hydrogens (tertiary/aromatic N) is 3. The zero-order valence-corrected chi connectivity index (χ0v) is 11.3. The minimum absolute atomic E-state index is 0.665. The van der Waals surface area contributed by atoms with Crippen molar-refractivity contribution in [2.24, 2.45) is 0 Å². The molecule has 0 radical (unpaired) electrons. The highest BCUT2D eigenvalue weighted by Gasteiger charge is 2.21. The molecule has 0 N–H and O–H groups in total. The predicted molar refractivity (Wildman–Crippen MR) is 74.7 cm³/mol. The number of benzene rings is 1. The lowest BCUT2D eigenvalue weighted by atomic mass is 10.1. The van der Waals surface area contributed by atoms with Gasteiger partial charge in [-0.2, -0.15) is 5.26 Å². The Morgan fingerprint density at radius 1 is 1.22 bits per heavy atom. The van der Waals surface area contributed by atoms with E-state index in [2.05, 4.69) is 35.8 Å². The number of piperazine rings is 1. The van der Waals surface area contributed by atoms with Crippen LogP contribution in [0.5, 0.6) is 0 Å². The second-order valence-corrected chi connectivity index (χ2v) is 4.91. The van der Waals surface area contributed by atoms with E-state index in [9.17, 15) is 0 Å². The SMILES string of the molecule is CCC(C)N1CCN(c2ccccc2C#N)CC1. The monoisotopic (exact) mass is 243 g/mol. The van der Waals surface area contributed by atoms with E-state index in [0.29, 0.717) is 6.04 Å². The molecule has 18 heavy (non-hydrogen) atoms. The van der Waals surface area contributed by atoms with Crippen LogP contribution in [0.2, 0.25) is 0 Å². The summed E-state index contributed by atoms with van der Waals surface area (Å²) in [5, 5.41) is 9.14. The first-order chi connectivity index (χ1) is 8.76. The topological polar surface area (TPSA) is 30.3 Å². The number of para-hydroxylation sites is 1. The van der Waals surface area contributed by atoms with E-state index in [4.69, 9.17) is 5.26 Å². The molecule has 2 rings (SSSR count). The molecular weight excluding hydrogens is 222 g/mol. The molecule has 0 saturated carbocycles. The van der Waals surface area contributed by atoms with Crippen molar-refractivity contribution in [1.29, 1.82) is 5.26 Å². The van der Waals surface area contributed by atoms with E-state index in [1.165, 1.54) is 6.42 Å². The van der Waals surface area contributed by atoms with Gasteiger partial charge in [0.15, 0.2) is 0 Å². The van der Waals surface area contributed by atoms with E-state index in [-0.39, 0.29) is 0 Å². The van der Waals surface area contributed by atoms with Crippen LogP contribution in [0.1, 0.15) is 25.8 Å². The maximum atomic E-state index is 9.14. The third-order valence-corrected chi connectivity index (χ3v) is 3.89. The van der Waals surface area contributed by atoms with Crippen molar-refractivity contribution in [3.05, 3.63) is 29.8 Å². The standard InChI is InChI=1S/C15H21N3/c1-3-13(2)17-8-10-18(11-9-17)15-7-5-4-6-14(15)12-16/h4-7,13H,3,8-11H2,1-2H3. The van der Waals surface area contributed by atoms with E-state index >= 15 is 0 Å². The molecular formula is C15H21N3. The summed E-state index contributed by atoms with van der Waals surface area (Å²) in [6.45, 7) is 8.75. The number of nitriles is 1. The molecule has 1 heterocycles. The fourth-order valence-electron chi connectivity index (χ4n) is 2.51. The van der Waals surface area contributed by atoms with Gasteiger partial charge in [-0.1, -0.05) is 19.1 Å². The summed E-state index contributed by atoms with van der Waals surface area (Å²) in [5.74, 6) is 0. The van der Waals surface area contributed by atoms with Crippen molar-refractivity contribution < 1.29 is 0 Å². The molecule has 0 aromatic heterocycles. The van der Waals surface area contributed by atoms with Crippen LogP contribution in [0.4, 0.5) is 5.69 Å². The molecule has 0 aliphatic carbocycles. The van der Waals surface area contributed by atoms with Gasteiger partial charge in [-0.25, -0.2) is 0 Å². The summed E-state index contributed by atoms with van der Waals surface area (Å²) in [6.07, 6.45) is 1.20. The van der Waals surface area contributed by atoms with Crippen LogP contribution in [0.25, 0.3) is 0 Å². The van der Waals surface area contributed by atoms with Gasteiger partial charge in [-0.15, -0.1) is 0 Å². The molecule has 3 nitrogen and oxygen atoms in total. The highest BCUT2D eigenvalue weighted by Crippen LogP contribution is 2.21. The summed E-state index contributed by atoms with van der Waals surface area (Å²) in [6, 6.07) is 10.8. The van der Waals surface area contributed by atoms with Gasteiger partial charge in [0.2, 0.25) is 0 Å². The first-order valence-electron chi connectivity index (χ1n) is 6.74. The fourth-order valence-corrected chi connectivity index (χ4v) is 2.51. The molecule has 1 aliphatic rings. The van der Waals surface area contributed by atoms with Gasteiger partial charge >= 0.3 is 0 Å². The smallest absolute Gasteiger partial charge is 0.101 e. The predicted octanol–water partition coefficient (Wildman–Crippen LogP) is 2.48. The average molecular weight is 243 g/mol. The molecule has 1 aromatic rings. The van der Waals surface area contributed by atoms with Gasteiger partial charge < -0.3 is 4.90 Å². The minimum atomic E-state index is 0.665. The Morgan fingerprint density at radius 2 is 1.89 bits per heavy atom. The van der Waals surface area contributed by atoms with Crippen LogP contribution in [0, 0.1) is 11.3 Å². The summed E-state index contributed by atoms with van der Waals surface area (Å²) >= 11 is 0. The lowest BCUT2D eigenvalue weighted by Gasteiger charge is -2.39. The molecule has 0 spiro atoms. The molecule has 0 amide bonds. The van der Waals surface area contributed by atoms with Gasteiger partial charge in [0.1, 0.15) is 6.07 Å². The largest absolute Gasteiger partial charge is 0.368 e. The molecule has 96 valence electrons. The number of hydrogen-bond acceptors (Lipinski definition) is 3. The first kappa shape index (κ1) is 12.9. The zero-order valence-electron chi connectivity index (χ0n) is 11.3. The number of rotatable bonds is 3. The second kappa shape index (κ2) is 5.88. The third kappa shape index (κ3) is 2.65. The van der Waals surface area contributed by atoms with Crippen molar-refractivity contribution in [2.45, 2.75) is 26.3 Å². The van der Waals surface area contributed by atoms with Gasteiger partial charge in [0.25, 0.3) is 0 Å². The summed E-state index contributed by atoms with van der Waals surface area (Å²) in [4.78, 5) is 4.86. The van der Waals surface area contributed by atoms with Crippen molar-refractivity contribution in [1.82, 2.24) is 4.90 Å². The Hall–Kier alpha value is -1.53. The summed E-state index contributed by atoms with van der Waals surface area (Å²) < 4.78 is 0. The number of anilines is 1. The Morgan fingerprint density at radius 3 is 2.50 bits per heavy atom. The summed E-state index contributed by atoms with van der Waals surface area (Å²) in [5.41, 5.74) is 1.87. The summed E-state index contributed by atoms with van der Waals surface area (Å²) in [7, 11) is 0. The van der Waals surface area contributed by atoms with E-state index in [0.717, 1.165) is 37.4 Å². The van der Waals surface area contributed by atoms with Crippen molar-refractivity contribution >= 4 is 5.69 Å². The van der Waals surface area contributed by atoms with Crippen LogP contribution in [0.3, 0.4) is 0 Å². The Balaban J connectivity index is 2.04. The van der Waals surface area contributed by atoms with Gasteiger partial charge in [-0.05, 0) is 25.5 Å². The maximum absolute atomic E-state index is 9.14. The Bertz CT molecular complexity index is 428. The van der Waals surface area contributed by atoms with Crippen LogP contribution in [-0.2, 0) is 0 Å². The quantitative estimate of drug-likeness (QED) is 0.817. The lowest BCUT2D eigenvalue weighted by Crippen LogP contribution is -2.49. The molecule has 1 aromatic carbocycles. The Kier molecular flexibility index (Phi) is 4.22. The second-order valence-electron chi connectivity index (χ2n) is 4.91. The van der Waals surface area contributed by atoms with Crippen LogP contribution in [-0.4, -0.2) is 37.1 Å². The van der Waals surface area contributed by atoms with Crippen LogP contribution >= 0.6 is 0 Å². The highest BCUT2D eigenvalue weighted by atomic mass is 15.3. The van der Waals surface area contributed by atoms with E-state index in [1.54, 1.807) is 0 Å². The Labute approximate surface area is 110 Å². The molecule has 0 bridgehead atoms. The minimum Gasteiger partial charge on any atom is -0.368 e. The normalized spacial score (nSPS) is 18.4. The number of hydrogen-bond donors (Lipinski definition) is 0. The zero-order chi connectivity index (χ0) is 13.0. The van der Waals surface area contributed by atoms with Crippen molar-refractivity contribution in [3.8, 4) is 6.07 Å². The lowest BCUT2D eigenvalue weighted by molar-refractivity contribution is 0.193. The molecule has 3 heteroatoms. The third-order valence-electron chi connectivity index (χ3n) is 3.89. The first-order valence-corrected chi connectivity index (χ1v) is 6.74. The van der Waals surface area contributed by atoms with Gasteiger partial charge in [0, 0.05) is 32.2 Å². The van der Waals surface area contributed by atoms with Crippen molar-refractivity contribution in [3.63, 3.8) is 0 Å². The molecule has 1 atom stereocenters. The highest BCUT2D eigenvalue weighted by molar-refractivity contribution is 5.59. The van der Waals surface area contributed by atoms with E-state index in [1.807, 2.05) is 18.2 Å². The van der Waals surface area contributed by atoms with Crippen molar-refractivity contribution in [2.75, 3.05) is 31.1 Å². The van der Waals surface area contributed by atoms with Crippen LogP contribution < -0.4 is 4.90 Å². The molecule has 1 fully saturated rings. The molecule has 1 unspecified atom stereocenters. The van der Waals surface area contributed by atoms with E-state index < -0.39 is 0 Å². The van der Waals surface area contributed by atoms with Gasteiger partial charge in [0.05, 0.1) is 11.3 Å². The maximum Gasteiger partial charge on any atom is 0.101 e.